The van der Waals surface area contributed by atoms with Gasteiger partial charge in [-0.05, 0) is 58.0 Å². The molecule has 0 aliphatic carbocycles. The number of benzene rings is 2. The van der Waals surface area contributed by atoms with Gasteiger partial charge in [0.25, 0.3) is 0 Å². The number of rotatable bonds is 6. The van der Waals surface area contributed by atoms with Crippen LogP contribution in [0.4, 0.5) is 0 Å². The van der Waals surface area contributed by atoms with Crippen molar-refractivity contribution < 1.29 is 23.9 Å². The van der Waals surface area contributed by atoms with Crippen LogP contribution >= 0.6 is 12.4 Å². The van der Waals surface area contributed by atoms with E-state index in [4.69, 9.17) is 9.47 Å². The van der Waals surface area contributed by atoms with Gasteiger partial charge >= 0.3 is 11.9 Å². The molecule has 0 radical (unpaired) electrons. The zero-order valence-electron chi connectivity index (χ0n) is 17.2. The molecule has 29 heavy (non-hydrogen) atoms. The van der Waals surface area contributed by atoms with Crippen molar-refractivity contribution in [3.05, 3.63) is 59.2 Å². The lowest BCUT2D eigenvalue weighted by molar-refractivity contribution is -0.132. The minimum atomic E-state index is -0.606. The maximum absolute atomic E-state index is 12.5. The van der Waals surface area contributed by atoms with E-state index in [0.29, 0.717) is 11.1 Å². The Bertz CT molecular complexity index is 885. The fourth-order valence-corrected chi connectivity index (χ4v) is 2.30. The van der Waals surface area contributed by atoms with E-state index in [-0.39, 0.29) is 41.8 Å². The molecule has 0 aromatic heterocycles. The third-order valence-corrected chi connectivity index (χ3v) is 3.79. The Kier molecular flexibility index (Phi) is 8.55. The van der Waals surface area contributed by atoms with E-state index in [0.717, 1.165) is 5.56 Å². The van der Waals surface area contributed by atoms with Crippen LogP contribution in [0.25, 0.3) is 0 Å². The quantitative estimate of drug-likeness (QED) is 0.430. The third-order valence-electron chi connectivity index (χ3n) is 3.79. The van der Waals surface area contributed by atoms with E-state index >= 15 is 0 Å². The molecule has 156 valence electrons. The van der Waals surface area contributed by atoms with E-state index in [9.17, 15) is 14.4 Å². The zero-order chi connectivity index (χ0) is 20.9. The van der Waals surface area contributed by atoms with E-state index in [1.54, 1.807) is 24.3 Å². The van der Waals surface area contributed by atoms with Crippen molar-refractivity contribution in [2.24, 2.45) is 0 Å². The minimum Gasteiger partial charge on any atom is -0.423 e. The highest BCUT2D eigenvalue weighted by Crippen LogP contribution is 2.30. The molecule has 6 nitrogen and oxygen atoms in total. The van der Waals surface area contributed by atoms with Gasteiger partial charge in [-0.1, -0.05) is 17.7 Å². The van der Waals surface area contributed by atoms with Crippen molar-refractivity contribution in [1.29, 1.82) is 0 Å². The van der Waals surface area contributed by atoms with Crippen LogP contribution < -0.4 is 14.8 Å². The first-order valence-corrected chi connectivity index (χ1v) is 8.95. The second-order valence-electron chi connectivity index (χ2n) is 7.54. The second kappa shape index (κ2) is 10.2. The van der Waals surface area contributed by atoms with E-state index in [2.05, 4.69) is 5.32 Å². The van der Waals surface area contributed by atoms with E-state index < -0.39 is 11.9 Å². The van der Waals surface area contributed by atoms with Crippen molar-refractivity contribution in [3.8, 4) is 11.5 Å². The molecule has 0 saturated heterocycles. The van der Waals surface area contributed by atoms with Gasteiger partial charge in [0.1, 0.15) is 0 Å². The molecule has 2 rings (SSSR count). The van der Waals surface area contributed by atoms with Gasteiger partial charge in [0.05, 0.1) is 12.1 Å². The fourth-order valence-electron chi connectivity index (χ4n) is 2.30. The number of hydrogen-bond acceptors (Lipinski definition) is 6. The SMILES string of the molecule is CC(=O)Oc1ccc(C(=O)CNC(C)(C)C)cc1OC(=O)c1ccc(C)cc1.Cl. The normalized spacial score (nSPS) is 10.7. The average Bonchev–Trinajstić information content (AvgIpc) is 2.60. The summed E-state index contributed by atoms with van der Waals surface area (Å²) in [7, 11) is 0. The predicted octanol–water partition coefficient (Wildman–Crippen LogP) is 4.13. The van der Waals surface area contributed by atoms with Crippen LogP contribution in [-0.2, 0) is 4.79 Å². The topological polar surface area (TPSA) is 81.7 Å². The van der Waals surface area contributed by atoms with Crippen LogP contribution in [0.1, 0.15) is 54.0 Å². The van der Waals surface area contributed by atoms with Crippen LogP contribution in [0.3, 0.4) is 0 Å². The Morgan fingerprint density at radius 2 is 1.48 bits per heavy atom. The minimum absolute atomic E-state index is 0. The van der Waals surface area contributed by atoms with Crippen LogP contribution in [0.2, 0.25) is 0 Å². The standard InChI is InChI=1S/C22H25NO5.ClH/c1-14-6-8-16(9-7-14)21(26)28-20-12-17(10-11-19(20)27-15(2)24)18(25)13-23-22(3,4)5;/h6-12,23H,13H2,1-5H3;1H. The first-order valence-electron chi connectivity index (χ1n) is 8.95. The summed E-state index contributed by atoms with van der Waals surface area (Å²) < 4.78 is 10.5. The van der Waals surface area contributed by atoms with Crippen molar-refractivity contribution in [2.45, 2.75) is 40.2 Å². The van der Waals surface area contributed by atoms with Gasteiger partial charge in [0.15, 0.2) is 17.3 Å². The summed E-state index contributed by atoms with van der Waals surface area (Å²) in [5, 5.41) is 3.12. The molecule has 7 heteroatoms. The number of carbonyl (C=O) groups excluding carboxylic acids is 3. The number of ether oxygens (including phenoxy) is 2. The Morgan fingerprint density at radius 1 is 0.897 bits per heavy atom. The molecule has 0 spiro atoms. The van der Waals surface area contributed by atoms with E-state index in [1.165, 1.54) is 25.1 Å². The Balaban J connectivity index is 0.00000420. The zero-order valence-corrected chi connectivity index (χ0v) is 18.0. The number of Topliss-reactive ketones (excluding diaryl/α,β-unsaturated/α-hetero) is 1. The van der Waals surface area contributed by atoms with Gasteiger partial charge in [-0.25, -0.2) is 4.79 Å². The summed E-state index contributed by atoms with van der Waals surface area (Å²) in [6, 6.07) is 11.3. The summed E-state index contributed by atoms with van der Waals surface area (Å²) in [5.74, 6) is -1.24. The molecule has 1 N–H and O–H groups in total. The number of esters is 2. The molecule has 0 unspecified atom stereocenters. The molecule has 2 aromatic carbocycles. The van der Waals surface area contributed by atoms with Crippen molar-refractivity contribution in [1.82, 2.24) is 5.32 Å². The van der Waals surface area contributed by atoms with Gasteiger partial charge in [-0.2, -0.15) is 0 Å². The van der Waals surface area contributed by atoms with Crippen molar-refractivity contribution in [3.63, 3.8) is 0 Å². The smallest absolute Gasteiger partial charge is 0.343 e. The maximum Gasteiger partial charge on any atom is 0.343 e. The third kappa shape index (κ3) is 7.68. The highest BCUT2D eigenvalue weighted by Gasteiger charge is 2.18. The Morgan fingerprint density at radius 3 is 2.03 bits per heavy atom. The summed E-state index contributed by atoms with van der Waals surface area (Å²) in [4.78, 5) is 36.3. The fraction of sp³-hybridized carbons (Fsp3) is 0.318. The molecule has 0 aliphatic heterocycles. The first-order chi connectivity index (χ1) is 13.0. The molecule has 2 aromatic rings. The Labute approximate surface area is 177 Å². The molecule has 0 amide bonds. The number of carbonyl (C=O) groups is 3. The second-order valence-corrected chi connectivity index (χ2v) is 7.54. The lowest BCUT2D eigenvalue weighted by atomic mass is 10.1. The lowest BCUT2D eigenvalue weighted by Gasteiger charge is -2.20. The van der Waals surface area contributed by atoms with Gasteiger partial charge in [0.2, 0.25) is 0 Å². The first kappa shape index (κ1) is 24.3. The average molecular weight is 420 g/mol. The van der Waals surface area contributed by atoms with Crippen LogP contribution in [-0.4, -0.2) is 29.8 Å². The van der Waals surface area contributed by atoms with Gasteiger partial charge in [-0.3, -0.25) is 9.59 Å². The summed E-state index contributed by atoms with van der Waals surface area (Å²) in [6.45, 7) is 9.16. The molecule has 0 heterocycles. The number of hydrogen-bond donors (Lipinski definition) is 1. The number of nitrogens with one attached hydrogen (secondary N) is 1. The van der Waals surface area contributed by atoms with Crippen molar-refractivity contribution in [2.75, 3.05) is 6.54 Å². The molecule has 0 saturated carbocycles. The Hall–Kier alpha value is -2.70. The molecule has 0 fully saturated rings. The number of aryl methyl sites for hydroxylation is 1. The highest BCUT2D eigenvalue weighted by atomic mass is 35.5. The van der Waals surface area contributed by atoms with Gasteiger partial charge in [-0.15, -0.1) is 12.4 Å². The summed E-state index contributed by atoms with van der Waals surface area (Å²) >= 11 is 0. The van der Waals surface area contributed by atoms with Crippen LogP contribution in [0.15, 0.2) is 42.5 Å². The molecule has 0 bridgehead atoms. The van der Waals surface area contributed by atoms with Crippen molar-refractivity contribution >= 4 is 30.1 Å². The van der Waals surface area contributed by atoms with Crippen LogP contribution in [0, 0.1) is 6.92 Å². The maximum atomic E-state index is 12.5. The summed E-state index contributed by atoms with van der Waals surface area (Å²) in [6.07, 6.45) is 0. The van der Waals surface area contributed by atoms with E-state index in [1.807, 2.05) is 27.7 Å². The van der Waals surface area contributed by atoms with Gasteiger partial charge in [0, 0.05) is 18.0 Å². The molecule has 0 aliphatic rings. The predicted molar refractivity (Wildman–Crippen MR) is 113 cm³/mol. The van der Waals surface area contributed by atoms with Crippen LogP contribution in [0.5, 0.6) is 11.5 Å². The number of halogens is 1. The lowest BCUT2D eigenvalue weighted by Crippen LogP contribution is -2.39. The molecular weight excluding hydrogens is 394 g/mol. The summed E-state index contributed by atoms with van der Waals surface area (Å²) in [5.41, 5.74) is 1.50. The molecular formula is C22H26ClNO5. The highest BCUT2D eigenvalue weighted by molar-refractivity contribution is 5.99. The molecule has 0 atom stereocenters. The largest absolute Gasteiger partial charge is 0.423 e. The number of ketones is 1. The van der Waals surface area contributed by atoms with Gasteiger partial charge < -0.3 is 14.8 Å². The monoisotopic (exact) mass is 419 g/mol.